The van der Waals surface area contributed by atoms with E-state index in [0.29, 0.717) is 6.07 Å². The van der Waals surface area contributed by atoms with Crippen molar-refractivity contribution in [3.8, 4) is 0 Å². The van der Waals surface area contributed by atoms with Crippen LogP contribution in [-0.4, -0.2) is 5.91 Å². The van der Waals surface area contributed by atoms with Crippen molar-refractivity contribution in [3.63, 3.8) is 0 Å². The lowest BCUT2D eigenvalue weighted by molar-refractivity contribution is 0.0999. The van der Waals surface area contributed by atoms with Gasteiger partial charge < -0.3 is 5.73 Å². The molecule has 0 radical (unpaired) electrons. The molecule has 1 aromatic carbocycles. The third-order valence-corrected chi connectivity index (χ3v) is 1.46. The van der Waals surface area contributed by atoms with Crippen LogP contribution >= 0.6 is 0 Å². The maximum atomic E-state index is 12.6. The lowest BCUT2D eigenvalue weighted by atomic mass is 10.1. The molecular weight excluding hydrogens is 207 g/mol. The van der Waals surface area contributed by atoms with Crippen molar-refractivity contribution in [3.05, 3.63) is 35.1 Å². The molecule has 1 amide bonds. The van der Waals surface area contributed by atoms with Gasteiger partial charge in [-0.3, -0.25) is 4.79 Å². The molecule has 0 aliphatic heterocycles. The first-order valence-corrected chi connectivity index (χ1v) is 4.39. The molecule has 0 spiro atoms. The highest BCUT2D eigenvalue weighted by atomic mass is 19.3. The Bertz CT molecular complexity index is 339. The van der Waals surface area contributed by atoms with Crippen LogP contribution in [-0.2, 0) is 0 Å². The van der Waals surface area contributed by atoms with Gasteiger partial charge in [-0.05, 0) is 18.2 Å². The molecular formula is C10H12F3NO. The van der Waals surface area contributed by atoms with E-state index in [-0.39, 0.29) is 5.56 Å². The quantitative estimate of drug-likeness (QED) is 0.816. The molecule has 0 aliphatic carbocycles. The van der Waals surface area contributed by atoms with Gasteiger partial charge in [0.2, 0.25) is 5.91 Å². The first-order valence-electron chi connectivity index (χ1n) is 4.39. The summed E-state index contributed by atoms with van der Waals surface area (Å²) in [4.78, 5) is 10.5. The SMILES string of the molecule is CC.NC(=O)c1cc(F)cc(C(F)F)c1. The summed E-state index contributed by atoms with van der Waals surface area (Å²) < 4.78 is 36.8. The molecule has 2 N–H and O–H groups in total. The zero-order valence-electron chi connectivity index (χ0n) is 8.43. The predicted octanol–water partition coefficient (Wildman–Crippen LogP) is 2.89. The van der Waals surface area contributed by atoms with Crippen molar-refractivity contribution in [2.45, 2.75) is 20.3 Å². The van der Waals surface area contributed by atoms with Gasteiger partial charge >= 0.3 is 0 Å². The van der Waals surface area contributed by atoms with Crippen LogP contribution in [0.1, 0.15) is 36.2 Å². The van der Waals surface area contributed by atoms with Gasteiger partial charge in [0.05, 0.1) is 0 Å². The molecule has 0 aliphatic rings. The highest BCUT2D eigenvalue weighted by Gasteiger charge is 2.11. The molecule has 0 fully saturated rings. The summed E-state index contributed by atoms with van der Waals surface area (Å²) in [5.41, 5.74) is 4.00. The molecule has 0 atom stereocenters. The first kappa shape index (κ1) is 13.5. The zero-order chi connectivity index (χ0) is 12.0. The van der Waals surface area contributed by atoms with Crippen molar-refractivity contribution in [1.82, 2.24) is 0 Å². The molecule has 0 bridgehead atoms. The van der Waals surface area contributed by atoms with Gasteiger partial charge in [-0.25, -0.2) is 13.2 Å². The lowest BCUT2D eigenvalue weighted by Crippen LogP contribution is -2.11. The minimum atomic E-state index is -2.81. The Morgan fingerprint density at radius 1 is 1.27 bits per heavy atom. The number of primary amides is 1. The summed E-state index contributed by atoms with van der Waals surface area (Å²) in [5, 5.41) is 0. The Morgan fingerprint density at radius 2 is 1.80 bits per heavy atom. The fraction of sp³-hybridized carbons (Fsp3) is 0.300. The van der Waals surface area contributed by atoms with Crippen LogP contribution in [0, 0.1) is 5.82 Å². The largest absolute Gasteiger partial charge is 0.366 e. The average Bonchev–Trinajstić information content (AvgIpc) is 2.19. The number of carbonyl (C=O) groups excluding carboxylic acids is 1. The van der Waals surface area contributed by atoms with E-state index in [0.717, 1.165) is 12.1 Å². The normalized spacial score (nSPS) is 9.47. The highest BCUT2D eigenvalue weighted by Crippen LogP contribution is 2.20. The number of benzene rings is 1. The minimum absolute atomic E-state index is 0.254. The number of hydrogen-bond acceptors (Lipinski definition) is 1. The number of alkyl halides is 2. The molecule has 0 aromatic heterocycles. The van der Waals surface area contributed by atoms with Gasteiger partial charge in [0.15, 0.2) is 0 Å². The molecule has 0 saturated heterocycles. The van der Waals surface area contributed by atoms with Crippen LogP contribution in [0.4, 0.5) is 13.2 Å². The molecule has 2 nitrogen and oxygen atoms in total. The van der Waals surface area contributed by atoms with E-state index in [9.17, 15) is 18.0 Å². The third kappa shape index (κ3) is 4.01. The van der Waals surface area contributed by atoms with E-state index in [1.54, 1.807) is 0 Å². The maximum absolute atomic E-state index is 12.6. The van der Waals surface area contributed by atoms with Gasteiger partial charge in [0.25, 0.3) is 6.43 Å². The van der Waals surface area contributed by atoms with Gasteiger partial charge in [0, 0.05) is 11.1 Å². The number of hydrogen-bond donors (Lipinski definition) is 1. The summed E-state index contributed by atoms with van der Waals surface area (Å²) in [6, 6.07) is 2.35. The van der Waals surface area contributed by atoms with Crippen LogP contribution in [0.3, 0.4) is 0 Å². The van der Waals surface area contributed by atoms with Crippen LogP contribution in [0.5, 0.6) is 0 Å². The first-order chi connectivity index (χ1) is 7.00. The Hall–Kier alpha value is -1.52. The van der Waals surface area contributed by atoms with Crippen LogP contribution in [0.15, 0.2) is 18.2 Å². The molecule has 1 rings (SSSR count). The molecule has 15 heavy (non-hydrogen) atoms. The standard InChI is InChI=1S/C8H6F3NO.C2H6/c9-6-2-4(7(10)11)1-5(3-6)8(12)13;1-2/h1-3,7H,(H2,12,13);1-2H3. The number of amides is 1. The average molecular weight is 219 g/mol. The number of halogens is 3. The van der Waals surface area contributed by atoms with Crippen molar-refractivity contribution < 1.29 is 18.0 Å². The summed E-state index contributed by atoms with van der Waals surface area (Å²) in [6.07, 6.45) is -2.81. The Kier molecular flexibility index (Phi) is 5.44. The van der Waals surface area contributed by atoms with Crippen LogP contribution < -0.4 is 5.73 Å². The number of carbonyl (C=O) groups is 1. The van der Waals surface area contributed by atoms with Gasteiger partial charge in [0.1, 0.15) is 5.82 Å². The molecule has 0 heterocycles. The van der Waals surface area contributed by atoms with Gasteiger partial charge in [-0.15, -0.1) is 0 Å². The smallest absolute Gasteiger partial charge is 0.263 e. The predicted molar refractivity (Wildman–Crippen MR) is 51.2 cm³/mol. The summed E-state index contributed by atoms with van der Waals surface area (Å²) >= 11 is 0. The van der Waals surface area contributed by atoms with E-state index in [4.69, 9.17) is 5.73 Å². The van der Waals surface area contributed by atoms with E-state index >= 15 is 0 Å². The van der Waals surface area contributed by atoms with Gasteiger partial charge in [-0.2, -0.15) is 0 Å². The maximum Gasteiger partial charge on any atom is 0.263 e. The van der Waals surface area contributed by atoms with E-state index in [1.807, 2.05) is 13.8 Å². The Labute approximate surface area is 85.9 Å². The van der Waals surface area contributed by atoms with Crippen molar-refractivity contribution >= 4 is 5.91 Å². The summed E-state index contributed by atoms with van der Waals surface area (Å²) in [7, 11) is 0. The fourth-order valence-corrected chi connectivity index (χ4v) is 0.881. The second kappa shape index (κ2) is 6.06. The number of rotatable bonds is 2. The third-order valence-electron chi connectivity index (χ3n) is 1.46. The van der Waals surface area contributed by atoms with Crippen molar-refractivity contribution in [2.24, 2.45) is 5.73 Å². The van der Waals surface area contributed by atoms with E-state index < -0.39 is 23.7 Å². The van der Waals surface area contributed by atoms with Crippen LogP contribution in [0.25, 0.3) is 0 Å². The van der Waals surface area contributed by atoms with Crippen molar-refractivity contribution in [1.29, 1.82) is 0 Å². The second-order valence-corrected chi connectivity index (χ2v) is 2.44. The highest BCUT2D eigenvalue weighted by molar-refractivity contribution is 5.92. The molecule has 0 saturated carbocycles. The lowest BCUT2D eigenvalue weighted by Gasteiger charge is -2.01. The second-order valence-electron chi connectivity index (χ2n) is 2.44. The topological polar surface area (TPSA) is 43.1 Å². The zero-order valence-corrected chi connectivity index (χ0v) is 8.43. The van der Waals surface area contributed by atoms with E-state index in [2.05, 4.69) is 0 Å². The minimum Gasteiger partial charge on any atom is -0.366 e. The van der Waals surface area contributed by atoms with Gasteiger partial charge in [-0.1, -0.05) is 13.8 Å². The fourth-order valence-electron chi connectivity index (χ4n) is 0.881. The summed E-state index contributed by atoms with van der Waals surface area (Å²) in [5.74, 6) is -1.83. The summed E-state index contributed by atoms with van der Waals surface area (Å²) in [6.45, 7) is 4.00. The molecule has 0 unspecified atom stereocenters. The Morgan fingerprint density at radius 3 is 2.20 bits per heavy atom. The molecule has 5 heteroatoms. The molecule has 84 valence electrons. The monoisotopic (exact) mass is 219 g/mol. The molecule has 1 aromatic rings. The number of nitrogens with two attached hydrogens (primary N) is 1. The van der Waals surface area contributed by atoms with Crippen LogP contribution in [0.2, 0.25) is 0 Å². The van der Waals surface area contributed by atoms with E-state index in [1.165, 1.54) is 0 Å². The van der Waals surface area contributed by atoms with Crippen molar-refractivity contribution in [2.75, 3.05) is 0 Å². The Balaban J connectivity index is 0.000000921.